The summed E-state index contributed by atoms with van der Waals surface area (Å²) < 4.78 is 7.83. The Morgan fingerprint density at radius 1 is 1.24 bits per heavy atom. The SMILES string of the molecule is CN=C(NCCCn1c(C)nc2ccccc21)NCCOCC(C)C. The lowest BCUT2D eigenvalue weighted by Gasteiger charge is -2.13. The van der Waals surface area contributed by atoms with E-state index in [-0.39, 0.29) is 0 Å². The number of imidazole rings is 1. The Balaban J connectivity index is 1.69. The van der Waals surface area contributed by atoms with E-state index in [1.165, 1.54) is 5.52 Å². The molecule has 2 N–H and O–H groups in total. The molecule has 1 aromatic heterocycles. The standard InChI is InChI=1S/C19H31N5O/c1-15(2)14-25-13-11-22-19(20-4)21-10-7-12-24-16(3)23-17-8-5-6-9-18(17)24/h5-6,8-9,15H,7,10-14H2,1-4H3,(H2,20,21,22). The van der Waals surface area contributed by atoms with Crippen LogP contribution in [0.1, 0.15) is 26.1 Å². The van der Waals surface area contributed by atoms with Gasteiger partial charge in [-0.2, -0.15) is 0 Å². The predicted octanol–water partition coefficient (Wildman–Crippen LogP) is 2.57. The number of aromatic nitrogens is 2. The molecule has 138 valence electrons. The fourth-order valence-electron chi connectivity index (χ4n) is 2.70. The first-order valence-electron chi connectivity index (χ1n) is 9.06. The number of aliphatic imine (C=N–C) groups is 1. The van der Waals surface area contributed by atoms with Gasteiger partial charge in [-0.3, -0.25) is 4.99 Å². The number of ether oxygens (including phenoxy) is 1. The molecule has 0 radical (unpaired) electrons. The van der Waals surface area contributed by atoms with Crippen molar-refractivity contribution < 1.29 is 4.74 Å². The number of fused-ring (bicyclic) bond motifs is 1. The molecule has 6 heteroatoms. The molecule has 6 nitrogen and oxygen atoms in total. The monoisotopic (exact) mass is 345 g/mol. The van der Waals surface area contributed by atoms with Crippen LogP contribution in [0.2, 0.25) is 0 Å². The van der Waals surface area contributed by atoms with Crippen LogP contribution in [0.25, 0.3) is 11.0 Å². The number of guanidine groups is 1. The third-order valence-corrected chi connectivity index (χ3v) is 3.91. The average molecular weight is 345 g/mol. The Hall–Kier alpha value is -2.08. The molecule has 0 fully saturated rings. The van der Waals surface area contributed by atoms with Gasteiger partial charge in [0, 0.05) is 33.3 Å². The first-order chi connectivity index (χ1) is 12.1. The largest absolute Gasteiger partial charge is 0.379 e. The van der Waals surface area contributed by atoms with Gasteiger partial charge in [0.2, 0.25) is 0 Å². The molecule has 0 spiro atoms. The third-order valence-electron chi connectivity index (χ3n) is 3.91. The number of rotatable bonds is 9. The van der Waals surface area contributed by atoms with E-state index in [9.17, 15) is 0 Å². The number of benzene rings is 1. The van der Waals surface area contributed by atoms with Gasteiger partial charge >= 0.3 is 0 Å². The maximum atomic E-state index is 5.56. The van der Waals surface area contributed by atoms with Gasteiger partial charge in [-0.05, 0) is 31.4 Å². The maximum absolute atomic E-state index is 5.56. The molecule has 0 saturated carbocycles. The lowest BCUT2D eigenvalue weighted by atomic mass is 10.2. The van der Waals surface area contributed by atoms with Gasteiger partial charge < -0.3 is 19.9 Å². The molecule has 1 heterocycles. The van der Waals surface area contributed by atoms with Crippen molar-refractivity contribution in [3.63, 3.8) is 0 Å². The van der Waals surface area contributed by atoms with Crippen LogP contribution in [0.3, 0.4) is 0 Å². The van der Waals surface area contributed by atoms with Crippen molar-refractivity contribution in [3.8, 4) is 0 Å². The minimum atomic E-state index is 0.570. The molecule has 0 bridgehead atoms. The van der Waals surface area contributed by atoms with E-state index in [0.29, 0.717) is 12.5 Å². The summed E-state index contributed by atoms with van der Waals surface area (Å²) in [6.45, 7) is 10.4. The summed E-state index contributed by atoms with van der Waals surface area (Å²) >= 11 is 0. The lowest BCUT2D eigenvalue weighted by molar-refractivity contribution is 0.114. The van der Waals surface area contributed by atoms with E-state index < -0.39 is 0 Å². The summed E-state index contributed by atoms with van der Waals surface area (Å²) in [6, 6.07) is 8.27. The van der Waals surface area contributed by atoms with Gasteiger partial charge in [-0.25, -0.2) is 4.98 Å². The lowest BCUT2D eigenvalue weighted by Crippen LogP contribution is -2.39. The summed E-state index contributed by atoms with van der Waals surface area (Å²) in [5.74, 6) is 2.45. The Kier molecular flexibility index (Phi) is 7.73. The zero-order valence-corrected chi connectivity index (χ0v) is 15.9. The fraction of sp³-hybridized carbons (Fsp3) is 0.579. The summed E-state index contributed by atoms with van der Waals surface area (Å²) in [6.07, 6.45) is 1.01. The van der Waals surface area contributed by atoms with Crippen molar-refractivity contribution in [1.82, 2.24) is 20.2 Å². The van der Waals surface area contributed by atoms with Gasteiger partial charge in [-0.15, -0.1) is 0 Å². The van der Waals surface area contributed by atoms with Crippen molar-refractivity contribution >= 4 is 17.0 Å². The number of hydrogen-bond donors (Lipinski definition) is 2. The minimum absolute atomic E-state index is 0.570. The number of nitrogens with one attached hydrogen (secondary N) is 2. The molecule has 0 unspecified atom stereocenters. The van der Waals surface area contributed by atoms with Crippen LogP contribution in [0.4, 0.5) is 0 Å². The van der Waals surface area contributed by atoms with E-state index in [2.05, 4.69) is 64.1 Å². The van der Waals surface area contributed by atoms with E-state index in [4.69, 9.17) is 4.74 Å². The zero-order chi connectivity index (χ0) is 18.1. The second-order valence-electron chi connectivity index (χ2n) is 6.55. The van der Waals surface area contributed by atoms with Gasteiger partial charge in [0.1, 0.15) is 5.82 Å². The highest BCUT2D eigenvalue weighted by Crippen LogP contribution is 2.15. The van der Waals surface area contributed by atoms with Crippen LogP contribution in [-0.4, -0.2) is 48.9 Å². The zero-order valence-electron chi connectivity index (χ0n) is 15.9. The van der Waals surface area contributed by atoms with Crippen molar-refractivity contribution in [1.29, 1.82) is 0 Å². The Labute approximate surface area is 150 Å². The molecule has 2 aromatic rings. The predicted molar refractivity (Wildman–Crippen MR) is 104 cm³/mol. The van der Waals surface area contributed by atoms with Crippen molar-refractivity contribution in [3.05, 3.63) is 30.1 Å². The summed E-state index contributed by atoms with van der Waals surface area (Å²) in [5.41, 5.74) is 2.26. The highest BCUT2D eigenvalue weighted by Gasteiger charge is 2.06. The summed E-state index contributed by atoms with van der Waals surface area (Å²) in [4.78, 5) is 8.85. The van der Waals surface area contributed by atoms with E-state index in [0.717, 1.165) is 50.0 Å². The first kappa shape index (κ1) is 19.2. The van der Waals surface area contributed by atoms with Gasteiger partial charge in [0.25, 0.3) is 0 Å². The van der Waals surface area contributed by atoms with Crippen LogP contribution < -0.4 is 10.6 Å². The normalized spacial score (nSPS) is 12.1. The van der Waals surface area contributed by atoms with Gasteiger partial charge in [0.15, 0.2) is 5.96 Å². The number of aryl methyl sites for hydroxylation is 2. The molecule has 0 amide bonds. The quantitative estimate of drug-likeness (QED) is 0.416. The van der Waals surface area contributed by atoms with Crippen molar-refractivity contribution in [2.75, 3.05) is 33.4 Å². The molecule has 25 heavy (non-hydrogen) atoms. The highest BCUT2D eigenvalue weighted by atomic mass is 16.5. The van der Waals surface area contributed by atoms with Crippen molar-refractivity contribution in [2.45, 2.75) is 33.7 Å². The second-order valence-corrected chi connectivity index (χ2v) is 6.55. The van der Waals surface area contributed by atoms with E-state index in [1.54, 1.807) is 7.05 Å². The topological polar surface area (TPSA) is 63.5 Å². The molecule has 0 aliphatic rings. The molecule has 0 atom stereocenters. The van der Waals surface area contributed by atoms with Gasteiger partial charge in [0.05, 0.1) is 17.6 Å². The third kappa shape index (κ3) is 6.05. The molecular weight excluding hydrogens is 314 g/mol. The molecule has 0 saturated heterocycles. The van der Waals surface area contributed by atoms with Crippen LogP contribution in [0, 0.1) is 12.8 Å². The first-order valence-corrected chi connectivity index (χ1v) is 9.06. The summed E-state index contributed by atoms with van der Waals surface area (Å²) in [7, 11) is 1.79. The summed E-state index contributed by atoms with van der Waals surface area (Å²) in [5, 5.41) is 6.62. The van der Waals surface area contributed by atoms with Crippen molar-refractivity contribution in [2.24, 2.45) is 10.9 Å². The van der Waals surface area contributed by atoms with E-state index in [1.807, 2.05) is 6.07 Å². The van der Waals surface area contributed by atoms with E-state index >= 15 is 0 Å². The second kappa shape index (κ2) is 10.0. The van der Waals surface area contributed by atoms with Crippen LogP contribution in [0.5, 0.6) is 0 Å². The Morgan fingerprint density at radius 2 is 2.00 bits per heavy atom. The Morgan fingerprint density at radius 3 is 2.76 bits per heavy atom. The molecule has 0 aliphatic heterocycles. The fourth-order valence-corrected chi connectivity index (χ4v) is 2.70. The smallest absolute Gasteiger partial charge is 0.191 e. The molecule has 2 rings (SSSR count). The Bertz CT molecular complexity index is 678. The number of hydrogen-bond acceptors (Lipinski definition) is 3. The highest BCUT2D eigenvalue weighted by molar-refractivity contribution is 5.79. The number of nitrogens with zero attached hydrogens (tertiary/aromatic N) is 3. The number of para-hydroxylation sites is 2. The molecular formula is C19H31N5O. The minimum Gasteiger partial charge on any atom is -0.379 e. The van der Waals surface area contributed by atoms with Crippen LogP contribution in [0.15, 0.2) is 29.3 Å². The van der Waals surface area contributed by atoms with Gasteiger partial charge in [-0.1, -0.05) is 26.0 Å². The van der Waals surface area contributed by atoms with Crippen LogP contribution in [-0.2, 0) is 11.3 Å². The molecule has 1 aromatic carbocycles. The molecule has 0 aliphatic carbocycles. The van der Waals surface area contributed by atoms with Crippen LogP contribution >= 0.6 is 0 Å². The average Bonchev–Trinajstić information content (AvgIpc) is 2.91. The maximum Gasteiger partial charge on any atom is 0.191 e.